The summed E-state index contributed by atoms with van der Waals surface area (Å²) in [7, 11) is 0. The lowest BCUT2D eigenvalue weighted by Gasteiger charge is -2.38. The highest BCUT2D eigenvalue weighted by molar-refractivity contribution is 5.37. The van der Waals surface area contributed by atoms with E-state index < -0.39 is 37.0 Å². The van der Waals surface area contributed by atoms with Crippen LogP contribution in [-0.4, -0.2) is 18.2 Å². The Balaban J connectivity index is 1.32. The highest BCUT2D eigenvalue weighted by Gasteiger charge is 2.63. The van der Waals surface area contributed by atoms with Crippen molar-refractivity contribution in [3.63, 3.8) is 0 Å². The molecule has 7 heteroatoms. The van der Waals surface area contributed by atoms with Gasteiger partial charge in [0, 0.05) is 6.42 Å². The summed E-state index contributed by atoms with van der Waals surface area (Å²) in [5.41, 5.74) is 1.15. The Kier molecular flexibility index (Phi) is 8.44. The number of rotatable bonds is 7. The first kappa shape index (κ1) is 26.8. The Labute approximate surface area is 205 Å². The molecule has 0 aromatic heterocycles. The van der Waals surface area contributed by atoms with Gasteiger partial charge in [0.25, 0.3) is 0 Å². The van der Waals surface area contributed by atoms with Crippen LogP contribution in [0.15, 0.2) is 12.1 Å². The van der Waals surface area contributed by atoms with Crippen LogP contribution in [0.1, 0.15) is 107 Å². The van der Waals surface area contributed by atoms with Crippen LogP contribution in [0.25, 0.3) is 0 Å². The SMILES string of the molecule is CCCCCC1CCC(C2CCC(c3cc(F)c4c(c3)COC(C(F)(F)C(F)(F)F)C4)CC2)CC1. The van der Waals surface area contributed by atoms with Gasteiger partial charge in [-0.25, -0.2) is 4.39 Å². The van der Waals surface area contributed by atoms with Gasteiger partial charge in [-0.05, 0) is 85.0 Å². The summed E-state index contributed by atoms with van der Waals surface area (Å²) in [5, 5.41) is 0. The molecule has 0 amide bonds. The van der Waals surface area contributed by atoms with Gasteiger partial charge in [-0.15, -0.1) is 0 Å². The van der Waals surface area contributed by atoms with E-state index in [9.17, 15) is 26.3 Å². The second-order valence-electron chi connectivity index (χ2n) is 11.2. The topological polar surface area (TPSA) is 9.23 Å². The highest BCUT2D eigenvalue weighted by atomic mass is 19.4. The fourth-order valence-corrected chi connectivity index (χ4v) is 6.72. The minimum atomic E-state index is -5.72. The lowest BCUT2D eigenvalue weighted by atomic mass is 9.68. The molecule has 2 aliphatic carbocycles. The molecule has 1 atom stereocenters. The fraction of sp³-hybridized carbons (Fsp3) is 0.786. The Morgan fingerprint density at radius 2 is 1.49 bits per heavy atom. The van der Waals surface area contributed by atoms with Crippen molar-refractivity contribution < 1.29 is 31.1 Å². The number of hydrogen-bond donors (Lipinski definition) is 0. The number of halogens is 6. The molecule has 35 heavy (non-hydrogen) atoms. The first-order valence-corrected chi connectivity index (χ1v) is 13.5. The zero-order valence-electron chi connectivity index (χ0n) is 20.6. The molecule has 2 saturated carbocycles. The third kappa shape index (κ3) is 6.02. The van der Waals surface area contributed by atoms with Gasteiger partial charge in [-0.2, -0.15) is 22.0 Å². The van der Waals surface area contributed by atoms with Gasteiger partial charge in [-0.3, -0.25) is 0 Å². The van der Waals surface area contributed by atoms with Crippen molar-refractivity contribution in [2.45, 2.75) is 121 Å². The average molecular weight is 505 g/mol. The zero-order chi connectivity index (χ0) is 25.2. The van der Waals surface area contributed by atoms with Gasteiger partial charge in [0.2, 0.25) is 0 Å². The van der Waals surface area contributed by atoms with Crippen molar-refractivity contribution in [3.8, 4) is 0 Å². The maximum atomic E-state index is 14.9. The molecule has 0 radical (unpaired) electrons. The molecule has 1 aromatic carbocycles. The van der Waals surface area contributed by atoms with Gasteiger partial charge in [0.1, 0.15) is 11.9 Å². The maximum absolute atomic E-state index is 14.9. The molecule has 1 aromatic rings. The molecular formula is C28H38F6O. The van der Waals surface area contributed by atoms with Crippen LogP contribution >= 0.6 is 0 Å². The van der Waals surface area contributed by atoms with Crippen LogP contribution in [0.5, 0.6) is 0 Å². The van der Waals surface area contributed by atoms with Crippen LogP contribution in [0.2, 0.25) is 0 Å². The molecule has 1 heterocycles. The number of fused-ring (bicyclic) bond motifs is 1. The molecule has 0 spiro atoms. The first-order valence-electron chi connectivity index (χ1n) is 13.5. The van der Waals surface area contributed by atoms with E-state index in [1.807, 2.05) is 0 Å². The summed E-state index contributed by atoms with van der Waals surface area (Å²) >= 11 is 0. The highest BCUT2D eigenvalue weighted by Crippen LogP contribution is 2.46. The summed E-state index contributed by atoms with van der Waals surface area (Å²) in [6, 6.07) is 3.13. The van der Waals surface area contributed by atoms with Gasteiger partial charge in [0.15, 0.2) is 0 Å². The normalized spacial score (nSPS) is 30.2. The fourth-order valence-electron chi connectivity index (χ4n) is 6.72. The van der Waals surface area contributed by atoms with Crippen LogP contribution < -0.4 is 0 Å². The number of hydrogen-bond acceptors (Lipinski definition) is 1. The van der Waals surface area contributed by atoms with Gasteiger partial charge in [0.05, 0.1) is 6.61 Å². The molecule has 2 fully saturated rings. The van der Waals surface area contributed by atoms with E-state index in [1.165, 1.54) is 57.4 Å². The molecule has 1 aliphatic heterocycles. The van der Waals surface area contributed by atoms with E-state index in [0.29, 0.717) is 5.56 Å². The summed E-state index contributed by atoms with van der Waals surface area (Å²) in [4.78, 5) is 0. The minimum absolute atomic E-state index is 0.0710. The van der Waals surface area contributed by atoms with Gasteiger partial charge < -0.3 is 4.74 Å². The number of unbranched alkanes of at least 4 members (excludes halogenated alkanes) is 2. The molecular weight excluding hydrogens is 466 g/mol. The third-order valence-electron chi connectivity index (χ3n) is 8.94. The molecule has 1 nitrogen and oxygen atoms in total. The standard InChI is InChI=1S/C28H38F6O/c1-2-3-4-5-18-6-8-19(9-7-18)20-10-12-21(13-11-20)22-14-23-17-35-26(16-24(23)25(29)15-22)27(30,31)28(32,33)34/h14-15,18-21,26H,2-13,16-17H2,1H3. The van der Waals surface area contributed by atoms with Crippen LogP contribution in [-0.2, 0) is 17.8 Å². The number of benzene rings is 1. The first-order chi connectivity index (χ1) is 16.6. The van der Waals surface area contributed by atoms with Crippen molar-refractivity contribution in [3.05, 3.63) is 34.6 Å². The van der Waals surface area contributed by atoms with Crippen molar-refractivity contribution in [1.82, 2.24) is 0 Å². The van der Waals surface area contributed by atoms with E-state index in [-0.39, 0.29) is 11.5 Å². The van der Waals surface area contributed by atoms with E-state index in [4.69, 9.17) is 4.74 Å². The van der Waals surface area contributed by atoms with E-state index in [0.717, 1.165) is 49.0 Å². The summed E-state index contributed by atoms with van der Waals surface area (Å²) in [6.45, 7) is 1.82. The van der Waals surface area contributed by atoms with Gasteiger partial charge >= 0.3 is 12.1 Å². The van der Waals surface area contributed by atoms with Crippen molar-refractivity contribution in [2.24, 2.45) is 17.8 Å². The van der Waals surface area contributed by atoms with Crippen molar-refractivity contribution >= 4 is 0 Å². The second kappa shape index (κ2) is 11.0. The Morgan fingerprint density at radius 3 is 2.09 bits per heavy atom. The number of ether oxygens (including phenoxy) is 1. The largest absolute Gasteiger partial charge is 0.456 e. The maximum Gasteiger partial charge on any atom is 0.456 e. The summed E-state index contributed by atoms with van der Waals surface area (Å²) in [6.07, 6.45) is 5.93. The second-order valence-corrected chi connectivity index (χ2v) is 11.2. The minimum Gasteiger partial charge on any atom is -0.367 e. The summed E-state index contributed by atoms with van der Waals surface area (Å²) in [5.74, 6) is -3.09. The van der Waals surface area contributed by atoms with Crippen LogP contribution in [0, 0.1) is 23.6 Å². The molecule has 1 unspecified atom stereocenters. The Hall–Kier alpha value is -1.24. The molecule has 4 rings (SSSR count). The lowest BCUT2D eigenvalue weighted by Crippen LogP contribution is -2.50. The van der Waals surface area contributed by atoms with E-state index in [1.54, 1.807) is 6.07 Å². The summed E-state index contributed by atoms with van der Waals surface area (Å²) < 4.78 is 85.4. The van der Waals surface area contributed by atoms with Crippen molar-refractivity contribution in [1.29, 1.82) is 0 Å². The van der Waals surface area contributed by atoms with Crippen LogP contribution in [0.4, 0.5) is 26.3 Å². The Morgan fingerprint density at radius 1 is 0.857 bits per heavy atom. The zero-order valence-corrected chi connectivity index (χ0v) is 20.6. The number of alkyl halides is 5. The molecule has 0 bridgehead atoms. The van der Waals surface area contributed by atoms with Crippen LogP contribution in [0.3, 0.4) is 0 Å². The molecule has 0 saturated heterocycles. The Bertz CT molecular complexity index is 835. The van der Waals surface area contributed by atoms with Gasteiger partial charge in [-0.1, -0.05) is 51.5 Å². The lowest BCUT2D eigenvalue weighted by molar-refractivity contribution is -0.321. The third-order valence-corrected chi connectivity index (χ3v) is 8.94. The molecule has 198 valence electrons. The molecule has 0 N–H and O–H groups in total. The van der Waals surface area contributed by atoms with E-state index in [2.05, 4.69) is 6.92 Å². The predicted octanol–water partition coefficient (Wildman–Crippen LogP) is 9.13. The quantitative estimate of drug-likeness (QED) is 0.266. The molecule has 3 aliphatic rings. The van der Waals surface area contributed by atoms with E-state index >= 15 is 0 Å². The predicted molar refractivity (Wildman–Crippen MR) is 124 cm³/mol. The van der Waals surface area contributed by atoms with Crippen molar-refractivity contribution in [2.75, 3.05) is 0 Å². The average Bonchev–Trinajstić information content (AvgIpc) is 2.84. The smallest absolute Gasteiger partial charge is 0.367 e. The monoisotopic (exact) mass is 504 g/mol.